The largest absolute Gasteiger partial charge is 0.497 e. The number of rotatable bonds is 4. The maximum atomic E-state index is 12.9. The zero-order valence-corrected chi connectivity index (χ0v) is 14.6. The Morgan fingerprint density at radius 3 is 2.85 bits per heavy atom. The van der Waals surface area contributed by atoms with E-state index in [1.54, 1.807) is 50.6 Å². The summed E-state index contributed by atoms with van der Waals surface area (Å²) >= 11 is 0. The zero-order chi connectivity index (χ0) is 19.0. The fraction of sp³-hybridized carbons (Fsp3) is 0.167. The second-order valence-corrected chi connectivity index (χ2v) is 5.64. The average molecular weight is 365 g/mol. The van der Waals surface area contributed by atoms with Crippen LogP contribution in [0.4, 0.5) is 0 Å². The van der Waals surface area contributed by atoms with Crippen LogP contribution in [0.3, 0.4) is 0 Å². The topological polar surface area (TPSA) is 101 Å². The van der Waals surface area contributed by atoms with E-state index in [1.165, 1.54) is 15.3 Å². The minimum Gasteiger partial charge on any atom is -0.497 e. The van der Waals surface area contributed by atoms with E-state index in [2.05, 4.69) is 15.3 Å². The number of pyridine rings is 1. The lowest BCUT2D eigenvalue weighted by atomic mass is 10.2. The van der Waals surface area contributed by atoms with Crippen LogP contribution >= 0.6 is 0 Å². The van der Waals surface area contributed by atoms with Gasteiger partial charge in [0.1, 0.15) is 16.8 Å². The molecular formula is C18H15N5O4. The first-order chi connectivity index (χ1) is 13.1. The number of methoxy groups -OCH3 is 1. The van der Waals surface area contributed by atoms with Crippen molar-refractivity contribution in [1.82, 2.24) is 24.4 Å². The molecule has 9 nitrogen and oxygen atoms in total. The van der Waals surface area contributed by atoms with Crippen LogP contribution in [-0.4, -0.2) is 44.1 Å². The summed E-state index contributed by atoms with van der Waals surface area (Å²) in [4.78, 5) is 24.9. The van der Waals surface area contributed by atoms with Crippen molar-refractivity contribution in [3.63, 3.8) is 0 Å². The lowest BCUT2D eigenvalue weighted by Crippen LogP contribution is -2.20. The molecule has 1 aromatic carbocycles. The maximum Gasteiger partial charge on any atom is 0.343 e. The monoisotopic (exact) mass is 365 g/mol. The molecule has 0 aliphatic rings. The van der Waals surface area contributed by atoms with Gasteiger partial charge in [-0.15, -0.1) is 10.2 Å². The Kier molecular flexibility index (Phi) is 4.03. The molecule has 3 heterocycles. The Hall–Kier alpha value is -3.75. The standard InChI is InChI=1S/C18H15N5O4/c1-3-27-18(25)13-10-19-23-14-7-8-22(11-5-4-6-12(9-11)26-2)17(24)15(14)20-21-16(13)23/h4-10H,3H2,1-2H3. The first kappa shape index (κ1) is 16.7. The van der Waals surface area contributed by atoms with Crippen molar-refractivity contribution in [3.05, 3.63) is 58.6 Å². The number of hydrogen-bond donors (Lipinski definition) is 0. The molecule has 136 valence electrons. The number of nitrogens with zero attached hydrogens (tertiary/aromatic N) is 5. The van der Waals surface area contributed by atoms with Crippen molar-refractivity contribution in [1.29, 1.82) is 0 Å². The second kappa shape index (κ2) is 6.52. The van der Waals surface area contributed by atoms with Crippen LogP contribution in [0.1, 0.15) is 17.3 Å². The third kappa shape index (κ3) is 2.69. The highest BCUT2D eigenvalue weighted by Crippen LogP contribution is 2.17. The van der Waals surface area contributed by atoms with Gasteiger partial charge in [-0.25, -0.2) is 9.31 Å². The molecule has 3 aromatic heterocycles. The lowest BCUT2D eigenvalue weighted by Gasteiger charge is -2.08. The molecule has 9 heteroatoms. The third-order valence-electron chi connectivity index (χ3n) is 4.09. The highest BCUT2D eigenvalue weighted by Gasteiger charge is 2.18. The number of hydrogen-bond acceptors (Lipinski definition) is 7. The van der Waals surface area contributed by atoms with Gasteiger partial charge in [0.05, 0.1) is 25.6 Å². The summed E-state index contributed by atoms with van der Waals surface area (Å²) in [5.74, 6) is 0.0954. The number of aromatic nitrogens is 5. The molecule has 0 fully saturated rings. The first-order valence-corrected chi connectivity index (χ1v) is 8.21. The smallest absolute Gasteiger partial charge is 0.343 e. The highest BCUT2D eigenvalue weighted by atomic mass is 16.5. The Morgan fingerprint density at radius 2 is 2.07 bits per heavy atom. The van der Waals surface area contributed by atoms with Crippen LogP contribution in [0.5, 0.6) is 5.75 Å². The van der Waals surface area contributed by atoms with Crippen molar-refractivity contribution in [2.75, 3.05) is 13.7 Å². The van der Waals surface area contributed by atoms with E-state index in [-0.39, 0.29) is 28.9 Å². The van der Waals surface area contributed by atoms with Gasteiger partial charge in [-0.2, -0.15) is 5.10 Å². The molecule has 0 bridgehead atoms. The number of fused-ring (bicyclic) bond motifs is 3. The quantitative estimate of drug-likeness (QED) is 0.507. The number of ether oxygens (including phenoxy) is 2. The Morgan fingerprint density at radius 1 is 1.22 bits per heavy atom. The molecule has 0 atom stereocenters. The summed E-state index contributed by atoms with van der Waals surface area (Å²) in [6.07, 6.45) is 2.97. The molecule has 0 N–H and O–H groups in total. The molecule has 0 saturated heterocycles. The van der Waals surface area contributed by atoms with Crippen molar-refractivity contribution in [2.24, 2.45) is 0 Å². The van der Waals surface area contributed by atoms with Crippen LogP contribution in [0.2, 0.25) is 0 Å². The molecular weight excluding hydrogens is 350 g/mol. The fourth-order valence-corrected chi connectivity index (χ4v) is 2.81. The molecule has 27 heavy (non-hydrogen) atoms. The highest BCUT2D eigenvalue weighted by molar-refractivity contribution is 5.96. The van der Waals surface area contributed by atoms with Crippen LogP contribution in [-0.2, 0) is 4.74 Å². The predicted molar refractivity (Wildman–Crippen MR) is 96.4 cm³/mol. The van der Waals surface area contributed by atoms with E-state index in [9.17, 15) is 9.59 Å². The van der Waals surface area contributed by atoms with E-state index >= 15 is 0 Å². The van der Waals surface area contributed by atoms with E-state index < -0.39 is 5.97 Å². The Bertz CT molecular complexity index is 1230. The number of carbonyl (C=O) groups excluding carboxylic acids is 1. The van der Waals surface area contributed by atoms with Crippen LogP contribution in [0.25, 0.3) is 22.4 Å². The van der Waals surface area contributed by atoms with Gasteiger partial charge >= 0.3 is 5.97 Å². The van der Waals surface area contributed by atoms with Gasteiger partial charge in [0.15, 0.2) is 11.2 Å². The maximum absolute atomic E-state index is 12.9. The van der Waals surface area contributed by atoms with Crippen molar-refractivity contribution < 1.29 is 14.3 Å². The zero-order valence-electron chi connectivity index (χ0n) is 14.6. The third-order valence-corrected chi connectivity index (χ3v) is 4.09. The SMILES string of the molecule is CCOC(=O)c1cnn2c1nnc1c(=O)n(-c3cccc(OC)c3)ccc12. The van der Waals surface area contributed by atoms with Gasteiger partial charge in [-0.05, 0) is 25.1 Å². The number of carbonyl (C=O) groups is 1. The predicted octanol–water partition coefficient (Wildman–Crippen LogP) is 1.61. The molecule has 0 saturated carbocycles. The fourth-order valence-electron chi connectivity index (χ4n) is 2.81. The molecule has 0 unspecified atom stereocenters. The molecule has 4 aromatic rings. The van der Waals surface area contributed by atoms with Gasteiger partial charge in [-0.3, -0.25) is 9.36 Å². The molecule has 4 rings (SSSR count). The molecule has 0 aliphatic heterocycles. The average Bonchev–Trinajstić information content (AvgIpc) is 3.13. The van der Waals surface area contributed by atoms with Crippen LogP contribution in [0.15, 0.2) is 47.5 Å². The van der Waals surface area contributed by atoms with Gasteiger partial charge in [0, 0.05) is 12.3 Å². The van der Waals surface area contributed by atoms with Gasteiger partial charge in [0.2, 0.25) is 0 Å². The summed E-state index contributed by atoms with van der Waals surface area (Å²) in [5, 5.41) is 12.2. The summed E-state index contributed by atoms with van der Waals surface area (Å²) < 4.78 is 13.1. The normalized spacial score (nSPS) is 11.0. The van der Waals surface area contributed by atoms with Crippen molar-refractivity contribution in [3.8, 4) is 11.4 Å². The Labute approximate surface area is 152 Å². The van der Waals surface area contributed by atoms with Crippen LogP contribution < -0.4 is 10.3 Å². The molecule has 0 spiro atoms. The lowest BCUT2D eigenvalue weighted by molar-refractivity contribution is 0.0528. The summed E-state index contributed by atoms with van der Waals surface area (Å²) in [6.45, 7) is 1.95. The second-order valence-electron chi connectivity index (χ2n) is 5.64. The summed E-state index contributed by atoms with van der Waals surface area (Å²) in [6, 6.07) is 8.80. The number of esters is 1. The molecule has 0 amide bonds. The van der Waals surface area contributed by atoms with E-state index in [4.69, 9.17) is 9.47 Å². The van der Waals surface area contributed by atoms with E-state index in [0.29, 0.717) is 17.0 Å². The summed E-state index contributed by atoms with van der Waals surface area (Å²) in [7, 11) is 1.56. The van der Waals surface area contributed by atoms with E-state index in [0.717, 1.165) is 0 Å². The molecule has 0 radical (unpaired) electrons. The van der Waals surface area contributed by atoms with Gasteiger partial charge < -0.3 is 9.47 Å². The van der Waals surface area contributed by atoms with Crippen molar-refractivity contribution >= 4 is 22.6 Å². The minimum atomic E-state index is -0.536. The molecule has 0 aliphatic carbocycles. The number of benzene rings is 1. The minimum absolute atomic E-state index is 0.131. The van der Waals surface area contributed by atoms with Gasteiger partial charge in [-0.1, -0.05) is 6.07 Å². The summed E-state index contributed by atoms with van der Waals surface area (Å²) in [5.41, 5.74) is 1.29. The van der Waals surface area contributed by atoms with E-state index in [1.807, 2.05) is 0 Å². The Balaban J connectivity index is 1.90. The van der Waals surface area contributed by atoms with Gasteiger partial charge in [0.25, 0.3) is 5.56 Å². The first-order valence-electron chi connectivity index (χ1n) is 8.21. The van der Waals surface area contributed by atoms with Crippen molar-refractivity contribution in [2.45, 2.75) is 6.92 Å². The van der Waals surface area contributed by atoms with Crippen LogP contribution in [0, 0.1) is 0 Å².